The number of hydrogen-bond acceptors (Lipinski definition) is 29. The second-order valence-electron chi connectivity index (χ2n) is 30.5. The van der Waals surface area contributed by atoms with Gasteiger partial charge in [-0.2, -0.15) is 5.90 Å². The topological polar surface area (TPSA) is 351 Å². The fourth-order valence-corrected chi connectivity index (χ4v) is 15.9. The van der Waals surface area contributed by atoms with Gasteiger partial charge in [-0.15, -0.1) is 30.0 Å². The molecule has 0 bridgehead atoms. The minimum absolute atomic E-state index is 0.108. The van der Waals surface area contributed by atoms with Crippen molar-refractivity contribution in [1.29, 1.82) is 0 Å². The number of tetrazole rings is 2. The van der Waals surface area contributed by atoms with Crippen LogP contribution in [0, 0.1) is 10.1 Å². The number of ether oxygens (including phenoxy) is 12. The van der Waals surface area contributed by atoms with Gasteiger partial charge in [0.05, 0.1) is 108 Å². The molecule has 0 saturated heterocycles. The summed E-state index contributed by atoms with van der Waals surface area (Å²) in [5.41, 5.74) is 30.9. The summed E-state index contributed by atoms with van der Waals surface area (Å²) in [4.78, 5) is 32.8. The van der Waals surface area contributed by atoms with Crippen LogP contribution in [0.4, 0.5) is 17.1 Å². The van der Waals surface area contributed by atoms with E-state index in [0.29, 0.717) is 45.8 Å². The summed E-state index contributed by atoms with van der Waals surface area (Å²) in [5, 5.41) is 37.2. The van der Waals surface area contributed by atoms with Crippen LogP contribution in [0.3, 0.4) is 0 Å². The van der Waals surface area contributed by atoms with E-state index in [1.54, 1.807) is 83.2 Å². The van der Waals surface area contributed by atoms with Crippen molar-refractivity contribution in [3.05, 3.63) is 247 Å². The van der Waals surface area contributed by atoms with Gasteiger partial charge in [-0.05, 0) is 232 Å². The fraction of sp³-hybridized carbons (Fsp3) is 0.340. The van der Waals surface area contributed by atoms with E-state index >= 15 is 0 Å². The molecular formula is C94H110N16O16. The zero-order valence-corrected chi connectivity index (χ0v) is 73.4. The van der Waals surface area contributed by atoms with Gasteiger partial charge in [-0.1, -0.05) is 53.5 Å². The molecule has 0 spiro atoms. The van der Waals surface area contributed by atoms with Gasteiger partial charge in [0.1, 0.15) is 5.56 Å². The summed E-state index contributed by atoms with van der Waals surface area (Å²) in [6, 6.07) is 55.0. The lowest BCUT2D eigenvalue weighted by atomic mass is 9.98. The summed E-state index contributed by atoms with van der Waals surface area (Å²) in [7, 11) is 19.4. The number of nitrogens with zero attached hydrogens (tertiary/aromatic N) is 13. The number of aromatic nitrogens is 8. The summed E-state index contributed by atoms with van der Waals surface area (Å²) in [6.07, 6.45) is 7.90. The highest BCUT2D eigenvalue weighted by molar-refractivity contribution is 5.76. The van der Waals surface area contributed by atoms with E-state index in [4.69, 9.17) is 79.1 Å². The van der Waals surface area contributed by atoms with Gasteiger partial charge in [0.2, 0.25) is 11.6 Å². The lowest BCUT2D eigenvalue weighted by molar-refractivity contribution is -0.384. The Morgan fingerprint density at radius 1 is 0.341 bits per heavy atom. The first-order valence-electron chi connectivity index (χ1n) is 41.4. The number of anilines is 2. The number of nitrogen functional groups attached to an aromatic ring is 2. The highest BCUT2D eigenvalue weighted by atomic mass is 17.3. The minimum atomic E-state index is -0.513. The van der Waals surface area contributed by atoms with E-state index in [1.807, 2.05) is 72.8 Å². The second kappa shape index (κ2) is 43.2. The Balaban J connectivity index is 0.000000148. The first kappa shape index (κ1) is 90.2. The molecule has 32 nitrogen and oxygen atoms in total. The van der Waals surface area contributed by atoms with Crippen LogP contribution in [-0.2, 0) is 82.5 Å². The predicted octanol–water partition coefficient (Wildman–Crippen LogP) is 12.8. The molecule has 662 valence electrons. The van der Waals surface area contributed by atoms with Crippen molar-refractivity contribution in [3.8, 4) is 109 Å². The summed E-state index contributed by atoms with van der Waals surface area (Å²) in [6.45, 7) is 11.7. The van der Waals surface area contributed by atoms with Crippen molar-refractivity contribution < 1.29 is 71.6 Å². The molecule has 32 heteroatoms. The first-order chi connectivity index (χ1) is 61.4. The van der Waals surface area contributed by atoms with Gasteiger partial charge in [0.25, 0.3) is 5.69 Å². The van der Waals surface area contributed by atoms with Gasteiger partial charge < -0.3 is 73.2 Å². The molecule has 0 radical (unpaired) electrons. The maximum atomic E-state index is 11.7. The van der Waals surface area contributed by atoms with Crippen LogP contribution in [0.2, 0.25) is 0 Å². The molecule has 4 aliphatic rings. The Labute approximate surface area is 733 Å². The fourth-order valence-electron chi connectivity index (χ4n) is 15.9. The zero-order valence-electron chi connectivity index (χ0n) is 73.4. The van der Waals surface area contributed by atoms with Crippen LogP contribution in [0.25, 0.3) is 34.2 Å². The quantitative estimate of drug-likeness (QED) is 0.0157. The van der Waals surface area contributed by atoms with E-state index in [2.05, 4.69) is 128 Å². The molecule has 10 aromatic carbocycles. The van der Waals surface area contributed by atoms with E-state index in [1.165, 1.54) is 103 Å². The lowest BCUT2D eigenvalue weighted by Gasteiger charge is -2.29. The number of nitro benzene ring substituents is 1. The van der Waals surface area contributed by atoms with Gasteiger partial charge in [-0.3, -0.25) is 29.7 Å². The number of fused-ring (bicyclic) bond motifs is 4. The van der Waals surface area contributed by atoms with Crippen LogP contribution in [0.1, 0.15) is 66.8 Å². The lowest BCUT2D eigenvalue weighted by Crippen LogP contribution is -2.32. The van der Waals surface area contributed by atoms with Crippen LogP contribution >= 0.6 is 0 Å². The molecule has 0 atom stereocenters. The Morgan fingerprint density at radius 3 is 0.921 bits per heavy atom. The molecule has 0 saturated carbocycles. The van der Waals surface area contributed by atoms with Crippen LogP contribution < -0.4 is 79.1 Å². The van der Waals surface area contributed by atoms with Crippen LogP contribution in [0.5, 0.6) is 74.7 Å². The average Bonchev–Trinajstić information content (AvgIpc) is 1.64. The molecule has 0 aliphatic carbocycles. The molecule has 0 amide bonds. The molecule has 6 heterocycles. The third kappa shape index (κ3) is 22.3. The molecule has 4 aliphatic heterocycles. The number of rotatable bonds is 31. The van der Waals surface area contributed by atoms with Crippen molar-refractivity contribution in [2.45, 2.75) is 77.5 Å². The number of hydrogen-bond donors (Lipinski definition) is 3. The van der Waals surface area contributed by atoms with Crippen molar-refractivity contribution in [2.75, 3.05) is 149 Å². The molecule has 126 heavy (non-hydrogen) atoms. The summed E-state index contributed by atoms with van der Waals surface area (Å²) >= 11 is 0. The van der Waals surface area contributed by atoms with E-state index in [-0.39, 0.29) is 22.8 Å². The number of nitro groups is 1. The molecule has 0 unspecified atom stereocenters. The van der Waals surface area contributed by atoms with E-state index < -0.39 is 4.92 Å². The van der Waals surface area contributed by atoms with Gasteiger partial charge in [-0.25, -0.2) is 0 Å². The predicted molar refractivity (Wildman–Crippen MR) is 479 cm³/mol. The average molecular weight is 1720 g/mol. The number of nitrogens with two attached hydrogens (primary N) is 3. The zero-order chi connectivity index (χ0) is 88.8. The monoisotopic (exact) mass is 1720 g/mol. The highest BCUT2D eigenvalue weighted by Gasteiger charge is 2.28. The van der Waals surface area contributed by atoms with Crippen LogP contribution in [0.15, 0.2) is 170 Å². The van der Waals surface area contributed by atoms with Crippen molar-refractivity contribution in [1.82, 2.24) is 60.0 Å². The molecular weight excluding hydrogens is 1610 g/mol. The van der Waals surface area contributed by atoms with E-state index in [0.717, 1.165) is 187 Å². The third-order valence-electron chi connectivity index (χ3n) is 23.0. The Kier molecular flexibility index (Phi) is 30.9. The highest BCUT2D eigenvalue weighted by Crippen LogP contribution is 2.42. The standard InChI is InChI=1S/C28H30N6O6.C28H32N6O4.C19H24N2O4.C19H24N2O2/c1-37-24-13-19-10-12-32(17-20(19)14-25(24)38-2)11-9-18-5-7-21(8-6-18)33-30-28(29-31-33)22-15-26(39-3)27(40-4)16-23(22)34(35)36;1-35-24-13-19-10-12-33(17-20(19)14-25(24)36-2)11-9-18-5-7-21(8-6-18)34-31-28(30-32-34)22-15-26(37-3)27(38-4)16-23(22)29;1-22-18-11-15-8-10-21(13-16(15)12-19(18)23-2)9-7-14-3-5-17(6-4-14)24-25-20;1-22-18-11-15-8-10-21(13-16(15)12-19(18)23-2)9-7-14-3-5-17(20)6-4-14/h5-8,13-16H,9-12,17H2,1-4H3;5-8,13-16H,9-12,17,29H2,1-4H3;3-6,11-12H,7-10,13,20H2,1-2H3;3-6,11-12H,7-10,13,20H2,1-2H3. The first-order valence-corrected chi connectivity index (χ1v) is 41.4. The van der Waals surface area contributed by atoms with Gasteiger partial charge in [0.15, 0.2) is 74.7 Å². The molecule has 6 N–H and O–H groups in total. The molecule has 12 aromatic rings. The smallest absolute Gasteiger partial charge is 0.284 e. The van der Waals surface area contributed by atoms with Gasteiger partial charge in [0, 0.05) is 108 Å². The Bertz CT molecular complexity index is 5640. The second-order valence-corrected chi connectivity index (χ2v) is 30.5. The molecule has 0 fully saturated rings. The maximum Gasteiger partial charge on any atom is 0.284 e. The largest absolute Gasteiger partial charge is 0.493 e. The summed E-state index contributed by atoms with van der Waals surface area (Å²) in [5.74, 6) is 14.0. The summed E-state index contributed by atoms with van der Waals surface area (Å²) < 4.78 is 64.7. The number of methoxy groups -OCH3 is 12. The van der Waals surface area contributed by atoms with Crippen molar-refractivity contribution in [3.63, 3.8) is 0 Å². The van der Waals surface area contributed by atoms with Gasteiger partial charge >= 0.3 is 0 Å². The van der Waals surface area contributed by atoms with E-state index in [9.17, 15) is 10.1 Å². The normalized spacial score (nSPS) is 13.5. The molecule has 2 aromatic heterocycles. The Morgan fingerprint density at radius 2 is 0.611 bits per heavy atom. The third-order valence-corrected chi connectivity index (χ3v) is 23.0. The Hall–Kier alpha value is -13.5. The minimum Gasteiger partial charge on any atom is -0.493 e. The molecule has 16 rings (SSSR count). The maximum absolute atomic E-state index is 11.7. The SMILES string of the molecule is COc1cc(N)c(-c2nnn(-c3ccc(CCN4CCc5cc(OC)c(OC)cc5C4)cc3)n2)cc1OC.COc1cc2c(cc1OC)CN(CCc1ccc(-n3nnc(-c4cc(OC)c(OC)cc4[N+](=O)[O-])n3)cc1)CC2.COc1cc2c(cc1OC)CN(CCc1ccc(N)cc1)CC2.COc1cc2c(cc1OC)CN(CCc1ccc(OON)cc1)CC2. The number of benzene rings is 10. The van der Waals surface area contributed by atoms with Crippen molar-refractivity contribution in [2.24, 2.45) is 5.90 Å². The van der Waals surface area contributed by atoms with Crippen LogP contribution in [-0.4, -0.2) is 203 Å². The van der Waals surface area contributed by atoms with Crippen molar-refractivity contribution >= 4 is 17.1 Å².